The maximum atomic E-state index is 5.52. The highest BCUT2D eigenvalue weighted by atomic mass is 32.1. The third-order valence-electron chi connectivity index (χ3n) is 2.01. The highest BCUT2D eigenvalue weighted by Gasteiger charge is 2.18. The van der Waals surface area contributed by atoms with Crippen molar-refractivity contribution in [1.82, 2.24) is 4.90 Å². The molecule has 3 nitrogen and oxygen atoms in total. The van der Waals surface area contributed by atoms with E-state index in [0.29, 0.717) is 4.99 Å². The zero-order valence-electron chi connectivity index (χ0n) is 6.75. The predicted octanol–water partition coefficient (Wildman–Crippen LogP) is -0.00680. The van der Waals surface area contributed by atoms with Crippen LogP contribution in [0, 0.1) is 0 Å². The Labute approximate surface area is 72.5 Å². The van der Waals surface area contributed by atoms with Gasteiger partial charge in [0, 0.05) is 13.1 Å². The van der Waals surface area contributed by atoms with Gasteiger partial charge in [-0.1, -0.05) is 12.2 Å². The first-order chi connectivity index (χ1) is 5.22. The summed E-state index contributed by atoms with van der Waals surface area (Å²) >= 11 is 4.89. The maximum absolute atomic E-state index is 5.52. The van der Waals surface area contributed by atoms with E-state index in [1.165, 1.54) is 0 Å². The molecule has 0 aromatic heterocycles. The molecular formula is C7H14N2OS. The summed E-state index contributed by atoms with van der Waals surface area (Å²) in [5, 5.41) is 0. The lowest BCUT2D eigenvalue weighted by atomic mass is 10.2. The van der Waals surface area contributed by atoms with Crippen LogP contribution >= 0.6 is 12.2 Å². The van der Waals surface area contributed by atoms with Gasteiger partial charge in [-0.05, 0) is 6.92 Å². The van der Waals surface area contributed by atoms with Gasteiger partial charge >= 0.3 is 0 Å². The molecule has 0 spiro atoms. The van der Waals surface area contributed by atoms with Crippen molar-refractivity contribution in [3.8, 4) is 0 Å². The lowest BCUT2D eigenvalue weighted by Crippen LogP contribution is -2.47. The first-order valence-electron chi connectivity index (χ1n) is 3.83. The van der Waals surface area contributed by atoms with E-state index in [0.717, 1.165) is 26.3 Å². The Balaban J connectivity index is 2.38. The molecule has 1 saturated heterocycles. The van der Waals surface area contributed by atoms with Crippen molar-refractivity contribution in [3.05, 3.63) is 0 Å². The third-order valence-corrected chi connectivity index (χ3v) is 2.35. The van der Waals surface area contributed by atoms with Crippen molar-refractivity contribution in [3.63, 3.8) is 0 Å². The van der Waals surface area contributed by atoms with Crippen molar-refractivity contribution >= 4 is 17.2 Å². The van der Waals surface area contributed by atoms with Crippen LogP contribution in [-0.2, 0) is 4.74 Å². The van der Waals surface area contributed by atoms with Crippen molar-refractivity contribution in [2.75, 3.05) is 26.3 Å². The van der Waals surface area contributed by atoms with Crippen LogP contribution < -0.4 is 5.73 Å². The Hall–Kier alpha value is -0.190. The standard InChI is InChI=1S/C7H14N2OS/c1-6(7(8)11)9-2-4-10-5-3-9/h6H,2-5H2,1H3,(H2,8,11). The first-order valence-corrected chi connectivity index (χ1v) is 4.24. The van der Waals surface area contributed by atoms with Gasteiger partial charge in [0.05, 0.1) is 24.2 Å². The molecule has 0 aromatic rings. The van der Waals surface area contributed by atoms with Crippen LogP contribution in [0.3, 0.4) is 0 Å². The normalized spacial score (nSPS) is 23.0. The minimum atomic E-state index is 0.217. The lowest BCUT2D eigenvalue weighted by molar-refractivity contribution is 0.0319. The van der Waals surface area contributed by atoms with E-state index in [1.54, 1.807) is 0 Å². The van der Waals surface area contributed by atoms with Gasteiger partial charge in [0.2, 0.25) is 0 Å². The molecule has 1 atom stereocenters. The average molecular weight is 174 g/mol. The number of nitrogens with zero attached hydrogens (tertiary/aromatic N) is 1. The molecule has 1 rings (SSSR count). The van der Waals surface area contributed by atoms with Gasteiger partial charge in [0.15, 0.2) is 0 Å². The molecule has 64 valence electrons. The summed E-state index contributed by atoms with van der Waals surface area (Å²) in [6, 6.07) is 0.217. The quantitative estimate of drug-likeness (QED) is 0.598. The molecule has 0 radical (unpaired) electrons. The fourth-order valence-corrected chi connectivity index (χ4v) is 1.29. The number of ether oxygens (including phenoxy) is 1. The van der Waals surface area contributed by atoms with Crippen LogP contribution in [0.15, 0.2) is 0 Å². The summed E-state index contributed by atoms with van der Waals surface area (Å²) in [6.45, 7) is 5.52. The van der Waals surface area contributed by atoms with Crippen LogP contribution in [0.4, 0.5) is 0 Å². The Morgan fingerprint density at radius 2 is 2.09 bits per heavy atom. The predicted molar refractivity (Wildman–Crippen MR) is 48.6 cm³/mol. The molecule has 1 unspecified atom stereocenters. The Bertz CT molecular complexity index is 145. The van der Waals surface area contributed by atoms with E-state index >= 15 is 0 Å². The second-order valence-corrected chi connectivity index (χ2v) is 3.20. The molecule has 1 aliphatic heterocycles. The van der Waals surface area contributed by atoms with E-state index in [-0.39, 0.29) is 6.04 Å². The van der Waals surface area contributed by atoms with Gasteiger partial charge in [0.25, 0.3) is 0 Å². The highest BCUT2D eigenvalue weighted by Crippen LogP contribution is 2.02. The molecule has 0 bridgehead atoms. The van der Waals surface area contributed by atoms with Crippen LogP contribution in [0.1, 0.15) is 6.92 Å². The average Bonchev–Trinajstić information content (AvgIpc) is 2.05. The first kappa shape index (κ1) is 8.90. The van der Waals surface area contributed by atoms with Crippen LogP contribution in [-0.4, -0.2) is 42.2 Å². The summed E-state index contributed by atoms with van der Waals surface area (Å²) in [4.78, 5) is 2.82. The van der Waals surface area contributed by atoms with Crippen molar-refractivity contribution in [2.45, 2.75) is 13.0 Å². The number of thiocarbonyl (C=S) groups is 1. The van der Waals surface area contributed by atoms with Crippen LogP contribution in [0.2, 0.25) is 0 Å². The van der Waals surface area contributed by atoms with Gasteiger partial charge in [-0.2, -0.15) is 0 Å². The second kappa shape index (κ2) is 3.99. The smallest absolute Gasteiger partial charge is 0.0899 e. The summed E-state index contributed by atoms with van der Waals surface area (Å²) in [5.74, 6) is 0. The zero-order valence-corrected chi connectivity index (χ0v) is 7.56. The molecule has 0 aromatic carbocycles. The zero-order chi connectivity index (χ0) is 8.27. The number of nitrogens with two attached hydrogens (primary N) is 1. The summed E-state index contributed by atoms with van der Waals surface area (Å²) in [6.07, 6.45) is 0. The minimum absolute atomic E-state index is 0.217. The number of hydrogen-bond acceptors (Lipinski definition) is 3. The molecule has 4 heteroatoms. The van der Waals surface area contributed by atoms with E-state index in [4.69, 9.17) is 22.7 Å². The van der Waals surface area contributed by atoms with Crippen LogP contribution in [0.25, 0.3) is 0 Å². The molecule has 0 saturated carbocycles. The lowest BCUT2D eigenvalue weighted by Gasteiger charge is -2.31. The molecule has 0 aliphatic carbocycles. The molecular weight excluding hydrogens is 160 g/mol. The molecule has 2 N–H and O–H groups in total. The van der Waals surface area contributed by atoms with Crippen molar-refractivity contribution in [1.29, 1.82) is 0 Å². The summed E-state index contributed by atoms with van der Waals surface area (Å²) < 4.78 is 5.20. The SMILES string of the molecule is CC(C(N)=S)N1CCOCC1. The number of rotatable bonds is 2. The van der Waals surface area contributed by atoms with Gasteiger partial charge in [-0.3, -0.25) is 4.90 Å². The van der Waals surface area contributed by atoms with Gasteiger partial charge < -0.3 is 10.5 Å². The van der Waals surface area contributed by atoms with Crippen molar-refractivity contribution in [2.24, 2.45) is 5.73 Å². The fraction of sp³-hybridized carbons (Fsp3) is 0.857. The second-order valence-electron chi connectivity index (χ2n) is 2.73. The summed E-state index contributed by atoms with van der Waals surface area (Å²) in [7, 11) is 0. The minimum Gasteiger partial charge on any atom is -0.392 e. The van der Waals surface area contributed by atoms with Gasteiger partial charge in [-0.25, -0.2) is 0 Å². The monoisotopic (exact) mass is 174 g/mol. The fourth-order valence-electron chi connectivity index (χ4n) is 1.14. The summed E-state index contributed by atoms with van der Waals surface area (Å²) in [5.41, 5.74) is 5.52. The Kier molecular flexibility index (Phi) is 3.23. The molecule has 1 aliphatic rings. The third kappa shape index (κ3) is 2.39. The molecule has 1 fully saturated rings. The van der Waals surface area contributed by atoms with E-state index in [9.17, 15) is 0 Å². The topological polar surface area (TPSA) is 38.5 Å². The van der Waals surface area contributed by atoms with E-state index < -0.39 is 0 Å². The largest absolute Gasteiger partial charge is 0.392 e. The van der Waals surface area contributed by atoms with Crippen LogP contribution in [0.5, 0.6) is 0 Å². The van der Waals surface area contributed by atoms with Gasteiger partial charge in [-0.15, -0.1) is 0 Å². The molecule has 0 amide bonds. The van der Waals surface area contributed by atoms with Crippen molar-refractivity contribution < 1.29 is 4.74 Å². The Morgan fingerprint density at radius 3 is 2.55 bits per heavy atom. The number of morpholine rings is 1. The molecule has 1 heterocycles. The highest BCUT2D eigenvalue weighted by molar-refractivity contribution is 7.80. The van der Waals surface area contributed by atoms with E-state index in [2.05, 4.69) is 4.90 Å². The maximum Gasteiger partial charge on any atom is 0.0899 e. The van der Waals surface area contributed by atoms with E-state index in [1.807, 2.05) is 6.92 Å². The molecule has 11 heavy (non-hydrogen) atoms. The number of hydrogen-bond donors (Lipinski definition) is 1. The van der Waals surface area contributed by atoms with Gasteiger partial charge in [0.1, 0.15) is 0 Å². The Morgan fingerprint density at radius 1 is 1.55 bits per heavy atom.